The molecule has 0 bridgehead atoms. The topological polar surface area (TPSA) is 75.7 Å². The Labute approximate surface area is 99.4 Å². The van der Waals surface area contributed by atoms with Crippen LogP contribution in [0.3, 0.4) is 0 Å². The van der Waals surface area contributed by atoms with Crippen LogP contribution in [0.15, 0.2) is 18.2 Å². The SMILES string of the molecule is COc1ccc(CNCc2nn[nH]n2)cc1C. The molecule has 0 unspecified atom stereocenters. The molecule has 0 aliphatic rings. The molecular weight excluding hydrogens is 218 g/mol. The van der Waals surface area contributed by atoms with Crippen LogP contribution >= 0.6 is 0 Å². The fourth-order valence-electron chi connectivity index (χ4n) is 1.63. The van der Waals surface area contributed by atoms with Crippen LogP contribution in [0.25, 0.3) is 0 Å². The van der Waals surface area contributed by atoms with Gasteiger partial charge in [0, 0.05) is 6.54 Å². The zero-order valence-electron chi connectivity index (χ0n) is 9.90. The van der Waals surface area contributed by atoms with Gasteiger partial charge in [-0.05, 0) is 24.1 Å². The standard InChI is InChI=1S/C11H15N5O/c1-8-5-9(3-4-10(8)17-2)6-12-7-11-13-15-16-14-11/h3-5,12H,6-7H2,1-2H3,(H,13,14,15,16). The van der Waals surface area contributed by atoms with Gasteiger partial charge in [-0.1, -0.05) is 17.3 Å². The minimum Gasteiger partial charge on any atom is -0.496 e. The highest BCUT2D eigenvalue weighted by atomic mass is 16.5. The predicted octanol–water partition coefficient (Wildman–Crippen LogP) is 0.807. The van der Waals surface area contributed by atoms with Gasteiger partial charge in [0.15, 0.2) is 5.82 Å². The summed E-state index contributed by atoms with van der Waals surface area (Å²) in [5, 5.41) is 16.9. The summed E-state index contributed by atoms with van der Waals surface area (Å²) in [6.07, 6.45) is 0. The van der Waals surface area contributed by atoms with Crippen LogP contribution in [0.1, 0.15) is 17.0 Å². The van der Waals surface area contributed by atoms with Crippen molar-refractivity contribution in [2.75, 3.05) is 7.11 Å². The first-order valence-electron chi connectivity index (χ1n) is 5.36. The molecule has 6 nitrogen and oxygen atoms in total. The van der Waals surface area contributed by atoms with Crippen molar-refractivity contribution in [3.8, 4) is 5.75 Å². The average Bonchev–Trinajstić information content (AvgIpc) is 2.82. The molecule has 0 atom stereocenters. The molecule has 1 heterocycles. The number of hydrogen-bond donors (Lipinski definition) is 2. The van der Waals surface area contributed by atoms with E-state index in [0.29, 0.717) is 12.4 Å². The third-order valence-electron chi connectivity index (χ3n) is 2.46. The first-order chi connectivity index (χ1) is 8.29. The van der Waals surface area contributed by atoms with Crippen molar-refractivity contribution in [2.24, 2.45) is 0 Å². The largest absolute Gasteiger partial charge is 0.496 e. The van der Waals surface area contributed by atoms with Gasteiger partial charge in [-0.2, -0.15) is 5.21 Å². The van der Waals surface area contributed by atoms with Crippen LogP contribution in [0.4, 0.5) is 0 Å². The lowest BCUT2D eigenvalue weighted by Crippen LogP contribution is -2.13. The van der Waals surface area contributed by atoms with Gasteiger partial charge in [-0.25, -0.2) is 0 Å². The Bertz CT molecular complexity index is 469. The van der Waals surface area contributed by atoms with E-state index in [9.17, 15) is 0 Å². The lowest BCUT2D eigenvalue weighted by Gasteiger charge is -2.07. The van der Waals surface area contributed by atoms with Crippen molar-refractivity contribution >= 4 is 0 Å². The summed E-state index contributed by atoms with van der Waals surface area (Å²) >= 11 is 0. The van der Waals surface area contributed by atoms with E-state index in [1.165, 1.54) is 5.56 Å². The van der Waals surface area contributed by atoms with Crippen LogP contribution in [0.5, 0.6) is 5.75 Å². The van der Waals surface area contributed by atoms with E-state index in [4.69, 9.17) is 4.74 Å². The van der Waals surface area contributed by atoms with Crippen LogP contribution in [-0.2, 0) is 13.1 Å². The maximum atomic E-state index is 5.21. The third-order valence-corrected chi connectivity index (χ3v) is 2.46. The van der Waals surface area contributed by atoms with Crippen LogP contribution in [-0.4, -0.2) is 27.7 Å². The molecule has 6 heteroatoms. The second kappa shape index (κ2) is 5.40. The van der Waals surface area contributed by atoms with E-state index in [-0.39, 0.29) is 0 Å². The van der Waals surface area contributed by atoms with Gasteiger partial charge in [0.2, 0.25) is 0 Å². The maximum absolute atomic E-state index is 5.21. The second-order valence-electron chi connectivity index (χ2n) is 3.74. The first kappa shape index (κ1) is 11.5. The summed E-state index contributed by atoms with van der Waals surface area (Å²) in [5.41, 5.74) is 2.33. The molecule has 17 heavy (non-hydrogen) atoms. The normalized spacial score (nSPS) is 10.5. The van der Waals surface area contributed by atoms with Crippen molar-refractivity contribution in [1.29, 1.82) is 0 Å². The van der Waals surface area contributed by atoms with Crippen molar-refractivity contribution in [3.05, 3.63) is 35.2 Å². The molecule has 0 aliphatic heterocycles. The van der Waals surface area contributed by atoms with E-state index < -0.39 is 0 Å². The molecule has 0 spiro atoms. The van der Waals surface area contributed by atoms with Crippen molar-refractivity contribution in [3.63, 3.8) is 0 Å². The minimum absolute atomic E-state index is 0.599. The number of benzene rings is 1. The molecular formula is C11H15N5O. The molecule has 1 aromatic heterocycles. The number of nitrogens with one attached hydrogen (secondary N) is 2. The molecule has 2 N–H and O–H groups in total. The third kappa shape index (κ3) is 3.01. The minimum atomic E-state index is 0.599. The van der Waals surface area contributed by atoms with Crippen LogP contribution in [0, 0.1) is 6.92 Å². The van der Waals surface area contributed by atoms with E-state index in [1.54, 1.807) is 7.11 Å². The van der Waals surface area contributed by atoms with Crippen LogP contribution in [0.2, 0.25) is 0 Å². The number of H-pyrrole nitrogens is 1. The van der Waals surface area contributed by atoms with E-state index >= 15 is 0 Å². The van der Waals surface area contributed by atoms with E-state index in [2.05, 4.69) is 32.0 Å². The second-order valence-corrected chi connectivity index (χ2v) is 3.74. The number of methoxy groups -OCH3 is 1. The van der Waals surface area contributed by atoms with Gasteiger partial charge in [-0.15, -0.1) is 10.2 Å². The summed E-state index contributed by atoms with van der Waals surface area (Å²) < 4.78 is 5.21. The molecule has 2 rings (SSSR count). The van der Waals surface area contributed by atoms with Gasteiger partial charge in [0.25, 0.3) is 0 Å². The number of aromatic amines is 1. The molecule has 2 aromatic rings. The first-order valence-corrected chi connectivity index (χ1v) is 5.36. The fraction of sp³-hybridized carbons (Fsp3) is 0.364. The highest BCUT2D eigenvalue weighted by molar-refractivity contribution is 5.36. The monoisotopic (exact) mass is 233 g/mol. The predicted molar refractivity (Wildman–Crippen MR) is 62.5 cm³/mol. The Kier molecular flexibility index (Phi) is 3.66. The number of ether oxygens (including phenoxy) is 1. The zero-order chi connectivity index (χ0) is 12.1. The summed E-state index contributed by atoms with van der Waals surface area (Å²) in [6.45, 7) is 3.39. The van der Waals surface area contributed by atoms with Gasteiger partial charge in [0.05, 0.1) is 13.7 Å². The number of aryl methyl sites for hydroxylation is 1. The Morgan fingerprint density at radius 1 is 1.35 bits per heavy atom. The average molecular weight is 233 g/mol. The smallest absolute Gasteiger partial charge is 0.188 e. The highest BCUT2D eigenvalue weighted by Crippen LogP contribution is 2.18. The Balaban J connectivity index is 1.89. The maximum Gasteiger partial charge on any atom is 0.188 e. The summed E-state index contributed by atoms with van der Waals surface area (Å²) in [6, 6.07) is 6.11. The zero-order valence-corrected chi connectivity index (χ0v) is 9.90. The molecule has 0 saturated heterocycles. The Morgan fingerprint density at radius 2 is 2.24 bits per heavy atom. The van der Waals surface area contributed by atoms with E-state index in [1.807, 2.05) is 19.1 Å². The van der Waals surface area contributed by atoms with Crippen molar-refractivity contribution in [1.82, 2.24) is 25.9 Å². The van der Waals surface area contributed by atoms with Crippen LogP contribution < -0.4 is 10.1 Å². The Hall–Kier alpha value is -1.95. The van der Waals surface area contributed by atoms with Gasteiger partial charge in [-0.3, -0.25) is 0 Å². The van der Waals surface area contributed by atoms with Gasteiger partial charge in [0.1, 0.15) is 5.75 Å². The molecule has 0 aliphatic carbocycles. The quantitative estimate of drug-likeness (QED) is 0.799. The highest BCUT2D eigenvalue weighted by Gasteiger charge is 2.01. The molecule has 90 valence electrons. The number of rotatable bonds is 5. The van der Waals surface area contributed by atoms with Crippen molar-refractivity contribution < 1.29 is 4.74 Å². The number of aromatic nitrogens is 4. The number of tetrazole rings is 1. The number of hydrogen-bond acceptors (Lipinski definition) is 5. The summed E-state index contributed by atoms with van der Waals surface area (Å²) in [7, 11) is 1.68. The van der Waals surface area contributed by atoms with Crippen molar-refractivity contribution in [2.45, 2.75) is 20.0 Å². The van der Waals surface area contributed by atoms with Gasteiger partial charge >= 0.3 is 0 Å². The van der Waals surface area contributed by atoms with Gasteiger partial charge < -0.3 is 10.1 Å². The molecule has 0 fully saturated rings. The summed E-state index contributed by atoms with van der Waals surface area (Å²) in [4.78, 5) is 0. The molecule has 0 radical (unpaired) electrons. The fourth-order valence-corrected chi connectivity index (χ4v) is 1.63. The molecule has 0 amide bonds. The molecule has 1 aromatic carbocycles. The summed E-state index contributed by atoms with van der Waals surface area (Å²) in [5.74, 6) is 1.57. The molecule has 0 saturated carbocycles. The number of nitrogens with zero attached hydrogens (tertiary/aromatic N) is 3. The Morgan fingerprint density at radius 3 is 2.88 bits per heavy atom. The van der Waals surface area contributed by atoms with E-state index in [0.717, 1.165) is 17.9 Å². The lowest BCUT2D eigenvalue weighted by atomic mass is 10.1. The lowest BCUT2D eigenvalue weighted by molar-refractivity contribution is 0.411.